The van der Waals surface area contributed by atoms with Gasteiger partial charge in [-0.25, -0.2) is 0 Å². The van der Waals surface area contributed by atoms with E-state index in [4.69, 9.17) is 0 Å². The standard InChI is InChI=1S/C15H25BrN2O/c1-5-8-18(10-9-17(3)4)15-7-6-13(12(2)19)11-14(15)16/h6-7,11-12,19H,5,8-10H2,1-4H3/t12-/m1/s1. The Bertz CT molecular complexity index is 394. The van der Waals surface area contributed by atoms with Gasteiger partial charge in [0.25, 0.3) is 0 Å². The highest BCUT2D eigenvalue weighted by Crippen LogP contribution is 2.29. The Hall–Kier alpha value is -0.580. The summed E-state index contributed by atoms with van der Waals surface area (Å²) in [5.41, 5.74) is 2.15. The summed E-state index contributed by atoms with van der Waals surface area (Å²) in [6, 6.07) is 6.11. The van der Waals surface area contributed by atoms with Gasteiger partial charge in [0.15, 0.2) is 0 Å². The molecule has 1 rings (SSSR count). The van der Waals surface area contributed by atoms with Gasteiger partial charge in [-0.05, 0) is 61.1 Å². The molecule has 0 aliphatic heterocycles. The highest BCUT2D eigenvalue weighted by atomic mass is 79.9. The fourth-order valence-corrected chi connectivity index (χ4v) is 2.63. The van der Waals surface area contributed by atoms with Crippen molar-refractivity contribution >= 4 is 21.6 Å². The van der Waals surface area contributed by atoms with Gasteiger partial charge < -0.3 is 14.9 Å². The average Bonchev–Trinajstić information content (AvgIpc) is 2.34. The Morgan fingerprint density at radius 3 is 2.37 bits per heavy atom. The first-order valence-electron chi connectivity index (χ1n) is 6.83. The Labute approximate surface area is 125 Å². The van der Waals surface area contributed by atoms with Gasteiger partial charge in [-0.2, -0.15) is 0 Å². The van der Waals surface area contributed by atoms with Crippen molar-refractivity contribution in [2.75, 3.05) is 38.6 Å². The molecule has 0 saturated carbocycles. The van der Waals surface area contributed by atoms with Gasteiger partial charge in [-0.3, -0.25) is 0 Å². The molecule has 0 amide bonds. The van der Waals surface area contributed by atoms with Crippen LogP contribution in [-0.4, -0.2) is 43.7 Å². The maximum absolute atomic E-state index is 9.62. The van der Waals surface area contributed by atoms with Gasteiger partial charge in [-0.15, -0.1) is 0 Å². The summed E-state index contributed by atoms with van der Waals surface area (Å²) in [7, 11) is 4.19. The van der Waals surface area contributed by atoms with E-state index < -0.39 is 6.10 Å². The molecule has 108 valence electrons. The number of benzene rings is 1. The van der Waals surface area contributed by atoms with Crippen molar-refractivity contribution < 1.29 is 5.11 Å². The first-order valence-corrected chi connectivity index (χ1v) is 7.62. The number of hydrogen-bond acceptors (Lipinski definition) is 3. The highest BCUT2D eigenvalue weighted by Gasteiger charge is 2.11. The summed E-state index contributed by atoms with van der Waals surface area (Å²) in [4.78, 5) is 4.58. The topological polar surface area (TPSA) is 26.7 Å². The van der Waals surface area contributed by atoms with Gasteiger partial charge in [0.1, 0.15) is 0 Å². The molecule has 1 aromatic rings. The molecular weight excluding hydrogens is 304 g/mol. The van der Waals surface area contributed by atoms with Crippen LogP contribution in [0.1, 0.15) is 31.9 Å². The molecule has 1 atom stereocenters. The number of aliphatic hydroxyl groups excluding tert-OH is 1. The van der Waals surface area contributed by atoms with E-state index >= 15 is 0 Å². The number of rotatable bonds is 7. The first kappa shape index (κ1) is 16.5. The van der Waals surface area contributed by atoms with Crippen molar-refractivity contribution in [2.24, 2.45) is 0 Å². The highest BCUT2D eigenvalue weighted by molar-refractivity contribution is 9.10. The summed E-state index contributed by atoms with van der Waals surface area (Å²) in [6.07, 6.45) is 0.699. The molecule has 0 aromatic heterocycles. The van der Waals surface area contributed by atoms with Gasteiger partial charge >= 0.3 is 0 Å². The second-order valence-electron chi connectivity index (χ2n) is 5.18. The van der Waals surface area contributed by atoms with E-state index in [9.17, 15) is 5.11 Å². The van der Waals surface area contributed by atoms with Crippen molar-refractivity contribution in [3.05, 3.63) is 28.2 Å². The zero-order chi connectivity index (χ0) is 14.4. The Kier molecular flexibility index (Phi) is 6.83. The first-order chi connectivity index (χ1) is 8.95. The average molecular weight is 329 g/mol. The number of anilines is 1. The van der Waals surface area contributed by atoms with Gasteiger partial charge in [-0.1, -0.05) is 13.0 Å². The lowest BCUT2D eigenvalue weighted by molar-refractivity contribution is 0.199. The second kappa shape index (κ2) is 7.88. The Morgan fingerprint density at radius 1 is 1.21 bits per heavy atom. The SMILES string of the molecule is CCCN(CCN(C)C)c1ccc([C@@H](C)O)cc1Br. The molecule has 0 saturated heterocycles. The van der Waals surface area contributed by atoms with E-state index in [1.54, 1.807) is 6.92 Å². The summed E-state index contributed by atoms with van der Waals surface area (Å²) < 4.78 is 1.05. The van der Waals surface area contributed by atoms with Crippen molar-refractivity contribution in [1.29, 1.82) is 0 Å². The normalized spacial score (nSPS) is 12.8. The number of hydrogen-bond donors (Lipinski definition) is 1. The predicted octanol–water partition coefficient (Wildman–Crippen LogP) is 3.28. The van der Waals surface area contributed by atoms with Gasteiger partial charge in [0.2, 0.25) is 0 Å². The monoisotopic (exact) mass is 328 g/mol. The number of nitrogens with zero attached hydrogens (tertiary/aromatic N) is 2. The second-order valence-corrected chi connectivity index (χ2v) is 6.03. The third-order valence-electron chi connectivity index (χ3n) is 3.11. The Morgan fingerprint density at radius 2 is 1.89 bits per heavy atom. The maximum Gasteiger partial charge on any atom is 0.0762 e. The lowest BCUT2D eigenvalue weighted by Gasteiger charge is -2.27. The van der Waals surface area contributed by atoms with Crippen LogP contribution in [0.25, 0.3) is 0 Å². The van der Waals surface area contributed by atoms with Crippen LogP contribution in [0.15, 0.2) is 22.7 Å². The van der Waals surface area contributed by atoms with E-state index in [1.165, 1.54) is 5.69 Å². The number of likely N-dealkylation sites (N-methyl/N-ethyl adjacent to an activating group) is 1. The molecule has 1 N–H and O–H groups in total. The maximum atomic E-state index is 9.62. The molecule has 0 aliphatic rings. The fraction of sp³-hybridized carbons (Fsp3) is 0.600. The quantitative estimate of drug-likeness (QED) is 0.832. The zero-order valence-electron chi connectivity index (χ0n) is 12.4. The predicted molar refractivity (Wildman–Crippen MR) is 85.8 cm³/mol. The van der Waals surface area contributed by atoms with Crippen LogP contribution in [0.4, 0.5) is 5.69 Å². The largest absolute Gasteiger partial charge is 0.389 e. The molecule has 3 nitrogen and oxygen atoms in total. The number of aliphatic hydroxyl groups is 1. The summed E-state index contributed by atoms with van der Waals surface area (Å²) >= 11 is 3.63. The molecular formula is C15H25BrN2O. The van der Waals surface area contributed by atoms with Gasteiger partial charge in [0.05, 0.1) is 11.8 Å². The van der Waals surface area contributed by atoms with E-state index in [2.05, 4.69) is 52.8 Å². The van der Waals surface area contributed by atoms with Crippen LogP contribution in [0.5, 0.6) is 0 Å². The smallest absolute Gasteiger partial charge is 0.0762 e. The molecule has 0 unspecified atom stereocenters. The van der Waals surface area contributed by atoms with Gasteiger partial charge in [0, 0.05) is 24.1 Å². The van der Waals surface area contributed by atoms with Crippen molar-refractivity contribution in [1.82, 2.24) is 4.90 Å². The van der Waals surface area contributed by atoms with E-state index in [-0.39, 0.29) is 0 Å². The van der Waals surface area contributed by atoms with Crippen LogP contribution < -0.4 is 4.90 Å². The molecule has 0 fully saturated rings. The van der Waals surface area contributed by atoms with E-state index in [0.717, 1.165) is 36.1 Å². The third-order valence-corrected chi connectivity index (χ3v) is 3.74. The molecule has 1 aromatic carbocycles. The van der Waals surface area contributed by atoms with Crippen molar-refractivity contribution in [3.8, 4) is 0 Å². The molecule has 4 heteroatoms. The summed E-state index contributed by atoms with van der Waals surface area (Å²) in [5, 5.41) is 9.62. The molecule has 0 radical (unpaired) electrons. The molecule has 19 heavy (non-hydrogen) atoms. The van der Waals surface area contributed by atoms with Crippen LogP contribution in [0.3, 0.4) is 0 Å². The summed E-state index contributed by atoms with van der Waals surface area (Å²) in [6.45, 7) is 7.07. The van der Waals surface area contributed by atoms with Crippen LogP contribution in [-0.2, 0) is 0 Å². The Balaban J connectivity index is 2.89. The molecule has 0 heterocycles. The lowest BCUT2D eigenvalue weighted by atomic mass is 10.1. The fourth-order valence-electron chi connectivity index (χ4n) is 1.98. The van der Waals surface area contributed by atoms with Crippen LogP contribution >= 0.6 is 15.9 Å². The molecule has 0 spiro atoms. The molecule has 0 aliphatic carbocycles. The minimum atomic E-state index is -0.424. The van der Waals surface area contributed by atoms with E-state index in [0.29, 0.717) is 0 Å². The zero-order valence-corrected chi connectivity index (χ0v) is 13.9. The third kappa shape index (κ3) is 5.13. The van der Waals surface area contributed by atoms with Crippen molar-refractivity contribution in [3.63, 3.8) is 0 Å². The lowest BCUT2D eigenvalue weighted by Crippen LogP contribution is -2.32. The minimum Gasteiger partial charge on any atom is -0.389 e. The van der Waals surface area contributed by atoms with Crippen LogP contribution in [0, 0.1) is 0 Å². The minimum absolute atomic E-state index is 0.424. The van der Waals surface area contributed by atoms with Crippen LogP contribution in [0.2, 0.25) is 0 Å². The summed E-state index contributed by atoms with van der Waals surface area (Å²) in [5.74, 6) is 0. The number of halogens is 1. The van der Waals surface area contributed by atoms with Crippen molar-refractivity contribution in [2.45, 2.75) is 26.4 Å². The van der Waals surface area contributed by atoms with E-state index in [1.807, 2.05) is 12.1 Å². The molecule has 0 bridgehead atoms.